The highest BCUT2D eigenvalue weighted by Crippen LogP contribution is 2.12. The van der Waals surface area contributed by atoms with Gasteiger partial charge in [-0.1, -0.05) is 13.8 Å². The normalized spacial score (nSPS) is 11.1. The highest BCUT2D eigenvalue weighted by atomic mass is 32.2. The second-order valence-electron chi connectivity index (χ2n) is 3.31. The molecule has 0 radical (unpaired) electrons. The Morgan fingerprint density at radius 3 is 2.85 bits per heavy atom. The third kappa shape index (κ3) is 3.78. The number of hydrogen-bond acceptors (Lipinski definition) is 4. The lowest BCUT2D eigenvalue weighted by Crippen LogP contribution is -1.98. The molecule has 0 atom stereocenters. The molecule has 13 heavy (non-hydrogen) atoms. The topological polar surface area (TPSA) is 67.6 Å². The minimum atomic E-state index is 0.408. The van der Waals surface area contributed by atoms with Crippen molar-refractivity contribution < 1.29 is 0 Å². The van der Waals surface area contributed by atoms with Crippen molar-refractivity contribution in [3.8, 4) is 0 Å². The average Bonchev–Trinajstić information content (AvgIpc) is 2.52. The SMILES string of the molecule is CC(C)CSCc1nc(CN)n[nH]1. The summed E-state index contributed by atoms with van der Waals surface area (Å²) in [6.07, 6.45) is 0. The van der Waals surface area contributed by atoms with Gasteiger partial charge in [0.25, 0.3) is 0 Å². The Balaban J connectivity index is 2.28. The van der Waals surface area contributed by atoms with E-state index in [-0.39, 0.29) is 0 Å². The molecule has 3 N–H and O–H groups in total. The first kappa shape index (κ1) is 10.5. The van der Waals surface area contributed by atoms with Crippen LogP contribution in [0.3, 0.4) is 0 Å². The summed E-state index contributed by atoms with van der Waals surface area (Å²) < 4.78 is 0. The lowest BCUT2D eigenvalue weighted by Gasteiger charge is -2.01. The molecule has 0 aliphatic carbocycles. The summed E-state index contributed by atoms with van der Waals surface area (Å²) in [5.41, 5.74) is 5.39. The fourth-order valence-corrected chi connectivity index (χ4v) is 1.79. The summed E-state index contributed by atoms with van der Waals surface area (Å²) in [4.78, 5) is 4.21. The van der Waals surface area contributed by atoms with Crippen molar-refractivity contribution in [1.82, 2.24) is 15.2 Å². The molecule has 0 aliphatic rings. The molecule has 0 saturated heterocycles. The van der Waals surface area contributed by atoms with Crippen LogP contribution in [0.5, 0.6) is 0 Å². The Kier molecular flexibility index (Phi) is 4.24. The lowest BCUT2D eigenvalue weighted by molar-refractivity contribution is 0.750. The second kappa shape index (κ2) is 5.24. The average molecular weight is 200 g/mol. The Hall–Kier alpha value is -0.550. The molecular formula is C8H16N4S. The van der Waals surface area contributed by atoms with Crippen LogP contribution in [0, 0.1) is 5.92 Å². The highest BCUT2D eigenvalue weighted by Gasteiger charge is 2.01. The van der Waals surface area contributed by atoms with E-state index in [0.29, 0.717) is 12.4 Å². The van der Waals surface area contributed by atoms with Crippen molar-refractivity contribution in [1.29, 1.82) is 0 Å². The van der Waals surface area contributed by atoms with Crippen LogP contribution in [0.25, 0.3) is 0 Å². The Morgan fingerprint density at radius 1 is 1.54 bits per heavy atom. The third-order valence-electron chi connectivity index (χ3n) is 1.45. The van der Waals surface area contributed by atoms with Crippen LogP contribution >= 0.6 is 11.8 Å². The van der Waals surface area contributed by atoms with Gasteiger partial charge < -0.3 is 5.73 Å². The largest absolute Gasteiger partial charge is 0.324 e. The molecule has 0 aromatic carbocycles. The van der Waals surface area contributed by atoms with Crippen molar-refractivity contribution in [3.05, 3.63) is 11.6 Å². The van der Waals surface area contributed by atoms with E-state index in [4.69, 9.17) is 5.73 Å². The van der Waals surface area contributed by atoms with E-state index >= 15 is 0 Å². The molecule has 0 aliphatic heterocycles. The van der Waals surface area contributed by atoms with Crippen molar-refractivity contribution in [2.24, 2.45) is 11.7 Å². The molecule has 0 saturated carbocycles. The first-order valence-electron chi connectivity index (χ1n) is 4.40. The van der Waals surface area contributed by atoms with Crippen LogP contribution in [0.15, 0.2) is 0 Å². The Labute approximate surface area is 82.7 Å². The maximum Gasteiger partial charge on any atom is 0.164 e. The molecular weight excluding hydrogens is 184 g/mol. The first-order chi connectivity index (χ1) is 6.22. The number of hydrogen-bond donors (Lipinski definition) is 2. The van der Waals surface area contributed by atoms with Gasteiger partial charge in [0.15, 0.2) is 5.82 Å². The predicted octanol–water partition coefficient (Wildman–Crippen LogP) is 1.15. The van der Waals surface area contributed by atoms with Crippen LogP contribution < -0.4 is 5.73 Å². The summed E-state index contributed by atoms with van der Waals surface area (Å²) >= 11 is 1.86. The molecule has 4 nitrogen and oxygen atoms in total. The van der Waals surface area contributed by atoms with Crippen molar-refractivity contribution in [2.45, 2.75) is 26.1 Å². The molecule has 74 valence electrons. The van der Waals surface area contributed by atoms with Gasteiger partial charge in [0.2, 0.25) is 0 Å². The number of nitrogens with one attached hydrogen (secondary N) is 1. The van der Waals surface area contributed by atoms with E-state index in [0.717, 1.165) is 23.2 Å². The van der Waals surface area contributed by atoms with Gasteiger partial charge in [0.05, 0.1) is 12.3 Å². The molecule has 1 heterocycles. The maximum absolute atomic E-state index is 5.39. The van der Waals surface area contributed by atoms with Gasteiger partial charge in [0.1, 0.15) is 5.82 Å². The number of aromatic amines is 1. The van der Waals surface area contributed by atoms with Crippen LogP contribution in [0.2, 0.25) is 0 Å². The first-order valence-corrected chi connectivity index (χ1v) is 5.55. The van der Waals surface area contributed by atoms with Crippen LogP contribution in [0.4, 0.5) is 0 Å². The van der Waals surface area contributed by atoms with E-state index in [1.807, 2.05) is 11.8 Å². The fourth-order valence-electron chi connectivity index (χ4n) is 0.882. The van der Waals surface area contributed by atoms with E-state index < -0.39 is 0 Å². The quantitative estimate of drug-likeness (QED) is 0.748. The molecule has 1 rings (SSSR count). The second-order valence-corrected chi connectivity index (χ2v) is 4.34. The van der Waals surface area contributed by atoms with Crippen molar-refractivity contribution in [3.63, 3.8) is 0 Å². The number of rotatable bonds is 5. The van der Waals surface area contributed by atoms with E-state index in [2.05, 4.69) is 29.0 Å². The summed E-state index contributed by atoms with van der Waals surface area (Å²) in [6.45, 7) is 4.82. The molecule has 0 fully saturated rings. The summed E-state index contributed by atoms with van der Waals surface area (Å²) in [6, 6.07) is 0. The van der Waals surface area contributed by atoms with Gasteiger partial charge >= 0.3 is 0 Å². The maximum atomic E-state index is 5.39. The van der Waals surface area contributed by atoms with E-state index in [1.165, 1.54) is 0 Å². The zero-order valence-corrected chi connectivity index (χ0v) is 8.90. The zero-order valence-electron chi connectivity index (χ0n) is 8.08. The highest BCUT2D eigenvalue weighted by molar-refractivity contribution is 7.98. The molecule has 1 aromatic rings. The number of thioether (sulfide) groups is 1. The van der Waals surface area contributed by atoms with Crippen molar-refractivity contribution in [2.75, 3.05) is 5.75 Å². The van der Waals surface area contributed by atoms with Gasteiger partial charge in [0, 0.05) is 0 Å². The lowest BCUT2D eigenvalue weighted by atomic mass is 10.3. The van der Waals surface area contributed by atoms with Gasteiger partial charge in [-0.15, -0.1) is 0 Å². The van der Waals surface area contributed by atoms with Gasteiger partial charge in [-0.25, -0.2) is 4.98 Å². The van der Waals surface area contributed by atoms with Crippen molar-refractivity contribution >= 4 is 11.8 Å². The van der Waals surface area contributed by atoms with Crippen LogP contribution in [-0.2, 0) is 12.3 Å². The molecule has 0 unspecified atom stereocenters. The summed E-state index contributed by atoms with van der Waals surface area (Å²) in [7, 11) is 0. The number of nitrogens with zero attached hydrogens (tertiary/aromatic N) is 2. The minimum absolute atomic E-state index is 0.408. The minimum Gasteiger partial charge on any atom is -0.324 e. The summed E-state index contributed by atoms with van der Waals surface area (Å²) in [5, 5.41) is 6.83. The van der Waals surface area contributed by atoms with Gasteiger partial charge in [-0.05, 0) is 11.7 Å². The van der Waals surface area contributed by atoms with E-state index in [9.17, 15) is 0 Å². The monoisotopic (exact) mass is 200 g/mol. The Morgan fingerprint density at radius 2 is 2.31 bits per heavy atom. The molecule has 0 bridgehead atoms. The molecule has 1 aromatic heterocycles. The summed E-state index contributed by atoms with van der Waals surface area (Å²) in [5.74, 6) is 4.39. The van der Waals surface area contributed by atoms with E-state index in [1.54, 1.807) is 0 Å². The molecule has 0 amide bonds. The van der Waals surface area contributed by atoms with Crippen LogP contribution in [-0.4, -0.2) is 20.9 Å². The molecule has 5 heteroatoms. The zero-order chi connectivity index (χ0) is 9.68. The van der Waals surface area contributed by atoms with Gasteiger partial charge in [-0.2, -0.15) is 16.9 Å². The smallest absolute Gasteiger partial charge is 0.164 e. The predicted molar refractivity (Wildman–Crippen MR) is 55.3 cm³/mol. The standard InChI is InChI=1S/C8H16N4S/c1-6(2)4-13-5-8-10-7(3-9)11-12-8/h6H,3-5,9H2,1-2H3,(H,10,11,12). The molecule has 0 spiro atoms. The van der Waals surface area contributed by atoms with Crippen LogP contribution in [0.1, 0.15) is 25.5 Å². The fraction of sp³-hybridized carbons (Fsp3) is 0.750. The number of aromatic nitrogens is 3. The number of H-pyrrole nitrogens is 1. The third-order valence-corrected chi connectivity index (χ3v) is 2.83. The van der Waals surface area contributed by atoms with Gasteiger partial charge in [-0.3, -0.25) is 5.10 Å². The number of nitrogens with two attached hydrogens (primary N) is 1. The Bertz CT molecular complexity index is 246.